The number of amides is 1. The summed E-state index contributed by atoms with van der Waals surface area (Å²) in [7, 11) is 2.69. The molecule has 2 aliphatic rings. The molecule has 0 unspecified atom stereocenters. The number of Topliss-reactive ketones (excluding diaryl/α,β-unsaturated/α-hetero) is 1. The molecule has 0 aromatic heterocycles. The maximum atomic E-state index is 12.5. The van der Waals surface area contributed by atoms with Crippen molar-refractivity contribution < 1.29 is 19.1 Å². The van der Waals surface area contributed by atoms with Gasteiger partial charge < -0.3 is 14.4 Å². The summed E-state index contributed by atoms with van der Waals surface area (Å²) in [6.45, 7) is 1.44. The van der Waals surface area contributed by atoms with Crippen LogP contribution in [0.2, 0.25) is 0 Å². The lowest BCUT2D eigenvalue weighted by Crippen LogP contribution is -2.70. The van der Waals surface area contributed by atoms with E-state index < -0.39 is 31.7 Å². The summed E-state index contributed by atoms with van der Waals surface area (Å²) in [6, 6.07) is 0. The number of carbonyl (C=O) groups excluding carboxylic acids is 2. The summed E-state index contributed by atoms with van der Waals surface area (Å²) in [5.41, 5.74) is -2.75. The Balaban J connectivity index is 2.44. The van der Waals surface area contributed by atoms with Crippen molar-refractivity contribution in [1.29, 1.82) is 0 Å². The molecule has 0 aliphatic carbocycles. The largest absolute Gasteiger partial charge is 0.453 e. The number of ketones is 1. The van der Waals surface area contributed by atoms with E-state index in [1.165, 1.54) is 31.2 Å². The van der Waals surface area contributed by atoms with Crippen LogP contribution in [0.25, 0.3) is 0 Å². The van der Waals surface area contributed by atoms with E-state index in [0.717, 1.165) is 0 Å². The summed E-state index contributed by atoms with van der Waals surface area (Å²) in [5.74, 6) is -0.793. The van der Waals surface area contributed by atoms with Crippen LogP contribution in [0.3, 0.4) is 0 Å². The summed E-state index contributed by atoms with van der Waals surface area (Å²) in [6.07, 6.45) is 2.42. The first kappa shape index (κ1) is 17.2. The second-order valence-corrected chi connectivity index (χ2v) is 7.89. The van der Waals surface area contributed by atoms with Gasteiger partial charge in [0.1, 0.15) is 11.2 Å². The number of ether oxygens (including phenoxy) is 2. The van der Waals surface area contributed by atoms with Crippen LogP contribution < -0.4 is 0 Å². The number of nitrogens with zero attached hydrogens (tertiary/aromatic N) is 1. The van der Waals surface area contributed by atoms with Gasteiger partial charge in [-0.25, -0.2) is 4.79 Å². The smallest absolute Gasteiger partial charge is 0.409 e. The second kappa shape index (κ2) is 4.90. The average Bonchev–Trinajstić information content (AvgIpc) is 2.75. The first-order chi connectivity index (χ1) is 9.43. The van der Waals surface area contributed by atoms with Gasteiger partial charge in [0.25, 0.3) is 0 Å². The van der Waals surface area contributed by atoms with Crippen LogP contribution >= 0.6 is 46.4 Å². The quantitative estimate of drug-likeness (QED) is 0.549. The van der Waals surface area contributed by atoms with Crippen molar-refractivity contribution in [3.8, 4) is 0 Å². The van der Waals surface area contributed by atoms with Gasteiger partial charge in [-0.1, -0.05) is 52.5 Å². The van der Waals surface area contributed by atoms with Gasteiger partial charge in [0.15, 0.2) is 0 Å². The predicted molar refractivity (Wildman–Crippen MR) is 80.3 cm³/mol. The number of likely N-dealkylation sites (N-methyl/N-ethyl adjacent to an activating group) is 1. The third-order valence-electron chi connectivity index (χ3n) is 3.75. The van der Waals surface area contributed by atoms with Crippen LogP contribution in [0.1, 0.15) is 6.92 Å². The van der Waals surface area contributed by atoms with E-state index in [1.807, 2.05) is 0 Å². The fourth-order valence-corrected chi connectivity index (χ4v) is 3.74. The highest BCUT2D eigenvalue weighted by molar-refractivity contribution is 6.70. The van der Waals surface area contributed by atoms with Crippen LogP contribution in [0.5, 0.6) is 0 Å². The Morgan fingerprint density at radius 3 is 2.38 bits per heavy atom. The van der Waals surface area contributed by atoms with Crippen molar-refractivity contribution in [2.45, 2.75) is 26.8 Å². The maximum Gasteiger partial charge on any atom is 0.409 e. The zero-order valence-corrected chi connectivity index (χ0v) is 14.5. The fraction of sp³-hybridized carbons (Fsp3) is 0.667. The summed E-state index contributed by atoms with van der Waals surface area (Å²) in [5, 5.41) is 0. The predicted octanol–water partition coefficient (Wildman–Crippen LogP) is 2.70. The van der Waals surface area contributed by atoms with E-state index >= 15 is 0 Å². The zero-order valence-electron chi connectivity index (χ0n) is 11.5. The van der Waals surface area contributed by atoms with Crippen molar-refractivity contribution in [2.24, 2.45) is 0 Å². The van der Waals surface area contributed by atoms with Crippen molar-refractivity contribution >= 4 is 58.3 Å². The number of carbonyl (C=O) groups is 2. The number of halogens is 4. The Bertz CT molecular complexity index is 535. The Hall–Kier alpha value is -0.200. The first-order valence-corrected chi connectivity index (χ1v) is 7.45. The molecule has 2 atom stereocenters. The van der Waals surface area contributed by atoms with E-state index in [4.69, 9.17) is 51.1 Å². The Kier molecular flexibility index (Phi) is 4.00. The van der Waals surface area contributed by atoms with Gasteiger partial charge in [0, 0.05) is 7.05 Å². The van der Waals surface area contributed by atoms with Gasteiger partial charge in [-0.05, 0) is 13.0 Å². The maximum absolute atomic E-state index is 12.5. The van der Waals surface area contributed by atoms with Crippen LogP contribution in [0.15, 0.2) is 12.2 Å². The molecule has 0 aromatic rings. The Labute approximate surface area is 142 Å². The molecule has 1 amide bonds. The second-order valence-electron chi connectivity index (χ2n) is 5.24. The third-order valence-corrected chi connectivity index (χ3v) is 5.83. The monoisotopic (exact) mass is 375 g/mol. The molecule has 118 valence electrons. The zero-order chi connectivity index (χ0) is 16.3. The lowest BCUT2D eigenvalue weighted by atomic mass is 9.88. The SMILES string of the molecule is COC(=O)N(C)C[C@@]12C=C[C@](C)(O1)C(Cl)(Cl)C(=O)C2(Cl)Cl. The van der Waals surface area contributed by atoms with Crippen molar-refractivity contribution in [3.63, 3.8) is 0 Å². The highest BCUT2D eigenvalue weighted by atomic mass is 35.5. The Morgan fingerprint density at radius 2 is 1.86 bits per heavy atom. The molecule has 0 spiro atoms. The Morgan fingerprint density at radius 1 is 1.29 bits per heavy atom. The number of hydrogen-bond donors (Lipinski definition) is 0. The molecule has 2 heterocycles. The van der Waals surface area contributed by atoms with Gasteiger partial charge in [0.05, 0.1) is 13.7 Å². The van der Waals surface area contributed by atoms with E-state index in [9.17, 15) is 9.59 Å². The van der Waals surface area contributed by atoms with Crippen molar-refractivity contribution in [2.75, 3.05) is 20.7 Å². The summed E-state index contributed by atoms with van der Waals surface area (Å²) >= 11 is 24.6. The molecular weight excluding hydrogens is 364 g/mol. The number of rotatable bonds is 2. The minimum absolute atomic E-state index is 0.103. The van der Waals surface area contributed by atoms with Crippen LogP contribution in [-0.2, 0) is 14.3 Å². The van der Waals surface area contributed by atoms with E-state index in [2.05, 4.69) is 4.74 Å². The van der Waals surface area contributed by atoms with Gasteiger partial charge >= 0.3 is 6.09 Å². The van der Waals surface area contributed by atoms with Gasteiger partial charge in [0.2, 0.25) is 14.4 Å². The number of fused-ring (bicyclic) bond motifs is 2. The summed E-state index contributed by atoms with van der Waals surface area (Å²) in [4.78, 5) is 25.2. The van der Waals surface area contributed by atoms with E-state index in [0.29, 0.717) is 0 Å². The van der Waals surface area contributed by atoms with Gasteiger partial charge in [-0.15, -0.1) is 0 Å². The standard InChI is InChI=1S/C12H13Cl4NO4/c1-9-4-5-10(21-9,6-17(2)8(19)20-3)12(15,16)7(18)11(9,13)14/h4-5H,6H2,1-3H3/t9-,10+/m0/s1. The molecule has 1 saturated heterocycles. The molecule has 2 bridgehead atoms. The molecular formula is C12H13Cl4NO4. The molecule has 21 heavy (non-hydrogen) atoms. The number of methoxy groups -OCH3 is 1. The lowest BCUT2D eigenvalue weighted by Gasteiger charge is -2.51. The van der Waals surface area contributed by atoms with Gasteiger partial charge in [-0.2, -0.15) is 0 Å². The molecule has 0 aromatic carbocycles. The number of alkyl halides is 4. The molecule has 9 heteroatoms. The molecule has 5 nitrogen and oxygen atoms in total. The minimum atomic E-state index is -2.05. The van der Waals surface area contributed by atoms with Crippen molar-refractivity contribution in [1.82, 2.24) is 4.90 Å². The van der Waals surface area contributed by atoms with Crippen molar-refractivity contribution in [3.05, 3.63) is 12.2 Å². The third kappa shape index (κ3) is 2.17. The molecule has 0 N–H and O–H groups in total. The number of hydrogen-bond acceptors (Lipinski definition) is 4. The normalized spacial score (nSPS) is 35.7. The van der Waals surface area contributed by atoms with E-state index in [-0.39, 0.29) is 6.54 Å². The van der Waals surface area contributed by atoms with Gasteiger partial charge in [-0.3, -0.25) is 4.79 Å². The topological polar surface area (TPSA) is 55.8 Å². The highest BCUT2D eigenvalue weighted by Gasteiger charge is 2.74. The molecule has 1 fully saturated rings. The summed E-state index contributed by atoms with van der Waals surface area (Å²) < 4.78 is 6.45. The molecule has 0 radical (unpaired) electrons. The molecule has 2 rings (SSSR count). The average molecular weight is 377 g/mol. The minimum Gasteiger partial charge on any atom is -0.453 e. The van der Waals surface area contributed by atoms with Crippen LogP contribution in [0.4, 0.5) is 4.79 Å². The van der Waals surface area contributed by atoms with Crippen LogP contribution in [-0.4, -0.2) is 57.3 Å². The van der Waals surface area contributed by atoms with Crippen LogP contribution in [0, 0.1) is 0 Å². The van der Waals surface area contributed by atoms with E-state index in [1.54, 1.807) is 6.92 Å². The molecule has 0 saturated carbocycles. The fourth-order valence-electron chi connectivity index (χ4n) is 2.45. The highest BCUT2D eigenvalue weighted by Crippen LogP contribution is 2.59. The molecule has 2 aliphatic heterocycles. The first-order valence-electron chi connectivity index (χ1n) is 5.94. The lowest BCUT2D eigenvalue weighted by molar-refractivity contribution is -0.158.